The van der Waals surface area contributed by atoms with Crippen molar-refractivity contribution in [2.24, 2.45) is 0 Å². The first-order valence-corrected chi connectivity index (χ1v) is 7.09. The minimum Gasteiger partial charge on any atom is -0.358 e. The molecule has 19 heavy (non-hydrogen) atoms. The van der Waals surface area contributed by atoms with Crippen molar-refractivity contribution in [3.8, 4) is 0 Å². The van der Waals surface area contributed by atoms with E-state index in [1.54, 1.807) is 12.1 Å². The zero-order valence-corrected chi connectivity index (χ0v) is 12.4. The third-order valence-electron chi connectivity index (χ3n) is 3.70. The van der Waals surface area contributed by atoms with E-state index in [0.717, 1.165) is 36.4 Å². The molecule has 0 atom stereocenters. The summed E-state index contributed by atoms with van der Waals surface area (Å²) in [6.45, 7) is 9.04. The highest BCUT2D eigenvalue weighted by molar-refractivity contribution is 6.31. The molecule has 0 fully saturated rings. The van der Waals surface area contributed by atoms with Crippen LogP contribution in [-0.4, -0.2) is 18.1 Å². The maximum atomic E-state index is 12.6. The average molecular weight is 280 g/mol. The molecule has 102 valence electrons. The molecule has 0 saturated heterocycles. The maximum absolute atomic E-state index is 12.6. The number of aryl methyl sites for hydroxylation is 1. The molecule has 0 aliphatic rings. The number of fused-ring (bicyclic) bond motifs is 1. The van der Waals surface area contributed by atoms with Gasteiger partial charge in [-0.25, -0.2) is 0 Å². The molecule has 0 bridgehead atoms. The smallest absolute Gasteiger partial charge is 0.198 e. The van der Waals surface area contributed by atoms with Gasteiger partial charge in [-0.1, -0.05) is 11.6 Å². The number of hydrogen-bond acceptors (Lipinski definition) is 1. The topological polar surface area (TPSA) is 37.3 Å². The van der Waals surface area contributed by atoms with E-state index in [1.807, 2.05) is 13.0 Å². The van der Waals surface area contributed by atoms with Crippen molar-refractivity contribution in [3.63, 3.8) is 0 Å². The van der Waals surface area contributed by atoms with Crippen LogP contribution in [0.1, 0.15) is 25.1 Å². The van der Waals surface area contributed by atoms with Crippen LogP contribution in [0.15, 0.2) is 23.0 Å². The fourth-order valence-corrected chi connectivity index (χ4v) is 2.56. The molecule has 0 aliphatic heterocycles. The zero-order chi connectivity index (χ0) is 14.0. The Morgan fingerprint density at radius 2 is 1.95 bits per heavy atom. The van der Waals surface area contributed by atoms with Gasteiger partial charge in [0.2, 0.25) is 0 Å². The Morgan fingerprint density at radius 1 is 1.26 bits per heavy atom. The van der Waals surface area contributed by atoms with Crippen LogP contribution in [0, 0.1) is 6.92 Å². The highest BCUT2D eigenvalue weighted by atomic mass is 35.5. The lowest BCUT2D eigenvalue weighted by Crippen LogP contribution is -3.10. The summed E-state index contributed by atoms with van der Waals surface area (Å²) in [5.41, 5.74) is 2.78. The predicted molar refractivity (Wildman–Crippen MR) is 80.1 cm³/mol. The number of halogens is 1. The summed E-state index contributed by atoms with van der Waals surface area (Å²) in [7, 11) is 0. The van der Waals surface area contributed by atoms with Crippen LogP contribution in [0.2, 0.25) is 5.02 Å². The van der Waals surface area contributed by atoms with Gasteiger partial charge in [0.25, 0.3) is 0 Å². The molecule has 2 aromatic rings. The van der Waals surface area contributed by atoms with Crippen LogP contribution >= 0.6 is 11.6 Å². The molecule has 2 rings (SSSR count). The average Bonchev–Trinajstić information content (AvgIpc) is 2.40. The van der Waals surface area contributed by atoms with Gasteiger partial charge in [0, 0.05) is 21.6 Å². The van der Waals surface area contributed by atoms with Crippen molar-refractivity contribution in [2.45, 2.75) is 27.3 Å². The van der Waals surface area contributed by atoms with E-state index in [9.17, 15) is 4.79 Å². The molecule has 4 heteroatoms. The number of hydrogen-bond donors (Lipinski definition) is 2. The SMILES string of the molecule is CC[NH+](CC)Cc1c(C)[nH]c2ccc(Cl)cc2c1=O. The van der Waals surface area contributed by atoms with Crippen molar-refractivity contribution in [2.75, 3.05) is 13.1 Å². The second kappa shape index (κ2) is 5.76. The third kappa shape index (κ3) is 2.82. The summed E-state index contributed by atoms with van der Waals surface area (Å²) >= 11 is 5.99. The summed E-state index contributed by atoms with van der Waals surface area (Å²) in [5.74, 6) is 0. The van der Waals surface area contributed by atoms with Crippen molar-refractivity contribution in [1.29, 1.82) is 0 Å². The maximum Gasteiger partial charge on any atom is 0.198 e. The Labute approximate surface area is 118 Å². The molecule has 0 aliphatic carbocycles. The largest absolute Gasteiger partial charge is 0.358 e. The molecule has 1 aromatic heterocycles. The van der Waals surface area contributed by atoms with Crippen molar-refractivity contribution in [1.82, 2.24) is 4.98 Å². The summed E-state index contributed by atoms with van der Waals surface area (Å²) in [6.07, 6.45) is 0. The van der Waals surface area contributed by atoms with E-state index in [-0.39, 0.29) is 5.43 Å². The van der Waals surface area contributed by atoms with E-state index in [0.29, 0.717) is 10.4 Å². The molecule has 3 nitrogen and oxygen atoms in total. The molecule has 0 saturated carbocycles. The van der Waals surface area contributed by atoms with Gasteiger partial charge in [0.05, 0.1) is 18.7 Å². The minimum atomic E-state index is 0.105. The Balaban J connectivity index is 2.58. The van der Waals surface area contributed by atoms with Gasteiger partial charge in [-0.3, -0.25) is 4.79 Å². The molecular weight excluding hydrogens is 260 g/mol. The number of nitrogens with one attached hydrogen (secondary N) is 2. The lowest BCUT2D eigenvalue weighted by Gasteiger charge is -2.16. The summed E-state index contributed by atoms with van der Waals surface area (Å²) in [4.78, 5) is 17.3. The van der Waals surface area contributed by atoms with Crippen LogP contribution in [0.25, 0.3) is 10.9 Å². The van der Waals surface area contributed by atoms with Gasteiger partial charge in [0.1, 0.15) is 6.54 Å². The van der Waals surface area contributed by atoms with Crippen LogP contribution < -0.4 is 10.3 Å². The van der Waals surface area contributed by atoms with Gasteiger partial charge in [0.15, 0.2) is 5.43 Å². The fourth-order valence-electron chi connectivity index (χ4n) is 2.39. The molecule has 1 heterocycles. The Morgan fingerprint density at radius 3 is 2.58 bits per heavy atom. The van der Waals surface area contributed by atoms with Crippen LogP contribution in [-0.2, 0) is 6.54 Å². The summed E-state index contributed by atoms with van der Waals surface area (Å²) < 4.78 is 0. The lowest BCUT2D eigenvalue weighted by molar-refractivity contribution is -0.910. The van der Waals surface area contributed by atoms with Gasteiger partial charge in [-0.2, -0.15) is 0 Å². The number of benzene rings is 1. The van der Waals surface area contributed by atoms with Gasteiger partial charge in [-0.15, -0.1) is 0 Å². The molecule has 1 aromatic carbocycles. The second-order valence-electron chi connectivity index (χ2n) is 4.88. The van der Waals surface area contributed by atoms with Crippen molar-refractivity contribution >= 4 is 22.5 Å². The quantitative estimate of drug-likeness (QED) is 0.882. The molecular formula is C15H20ClN2O+. The Kier molecular flexibility index (Phi) is 4.27. The summed E-state index contributed by atoms with van der Waals surface area (Å²) in [6, 6.07) is 5.41. The molecule has 0 amide bonds. The Bertz CT molecular complexity index is 644. The normalized spacial score (nSPS) is 11.4. The Hall–Kier alpha value is -1.32. The van der Waals surface area contributed by atoms with Crippen molar-refractivity contribution in [3.05, 3.63) is 44.7 Å². The van der Waals surface area contributed by atoms with E-state index in [1.165, 1.54) is 4.90 Å². The second-order valence-corrected chi connectivity index (χ2v) is 5.32. The monoisotopic (exact) mass is 279 g/mol. The first-order valence-electron chi connectivity index (χ1n) is 6.71. The highest BCUT2D eigenvalue weighted by Gasteiger charge is 2.14. The van der Waals surface area contributed by atoms with Crippen LogP contribution in [0.3, 0.4) is 0 Å². The van der Waals surface area contributed by atoms with Gasteiger partial charge >= 0.3 is 0 Å². The molecule has 2 N–H and O–H groups in total. The van der Waals surface area contributed by atoms with Gasteiger partial charge in [-0.05, 0) is 39.0 Å². The molecule has 0 radical (unpaired) electrons. The number of pyridine rings is 1. The van der Waals surface area contributed by atoms with Gasteiger partial charge < -0.3 is 9.88 Å². The first kappa shape index (κ1) is 14.1. The highest BCUT2D eigenvalue weighted by Crippen LogP contribution is 2.16. The van der Waals surface area contributed by atoms with E-state index in [4.69, 9.17) is 11.6 Å². The molecule has 0 spiro atoms. The third-order valence-corrected chi connectivity index (χ3v) is 3.94. The molecule has 0 unspecified atom stereocenters. The van der Waals surface area contributed by atoms with Crippen LogP contribution in [0.5, 0.6) is 0 Å². The van der Waals surface area contributed by atoms with Crippen LogP contribution in [0.4, 0.5) is 0 Å². The van der Waals surface area contributed by atoms with E-state index >= 15 is 0 Å². The number of aromatic amines is 1. The minimum absolute atomic E-state index is 0.105. The summed E-state index contributed by atoms with van der Waals surface area (Å²) in [5, 5.41) is 1.28. The van der Waals surface area contributed by atoms with E-state index in [2.05, 4.69) is 18.8 Å². The van der Waals surface area contributed by atoms with E-state index < -0.39 is 0 Å². The lowest BCUT2D eigenvalue weighted by atomic mass is 10.1. The number of quaternary nitrogens is 1. The predicted octanol–water partition coefficient (Wildman–Crippen LogP) is 1.91. The standard InChI is InChI=1S/C15H19ClN2O/c1-4-18(5-2)9-13-10(3)17-14-7-6-11(16)8-12(14)15(13)19/h6-8H,4-5,9H2,1-3H3,(H,17,19)/p+1. The number of H-pyrrole nitrogens is 1. The number of aromatic nitrogens is 1. The first-order chi connectivity index (χ1) is 9.06. The number of rotatable bonds is 4. The zero-order valence-electron chi connectivity index (χ0n) is 11.6. The van der Waals surface area contributed by atoms with Crippen molar-refractivity contribution < 1.29 is 4.90 Å². The fraction of sp³-hybridized carbons (Fsp3) is 0.400.